The first kappa shape index (κ1) is 13.4. The monoisotopic (exact) mass is 271 g/mol. The van der Waals surface area contributed by atoms with Crippen molar-refractivity contribution in [2.75, 3.05) is 11.9 Å². The second-order valence-corrected chi connectivity index (χ2v) is 6.02. The van der Waals surface area contributed by atoms with E-state index in [0.717, 1.165) is 50.2 Å². The first-order valence-electron chi connectivity index (χ1n) is 7.61. The molecule has 1 aromatic rings. The van der Waals surface area contributed by atoms with Crippen molar-refractivity contribution in [2.24, 2.45) is 5.92 Å². The molecule has 4 heteroatoms. The van der Waals surface area contributed by atoms with Gasteiger partial charge in [0.05, 0.1) is 11.7 Å². The smallest absolute Gasteiger partial charge is 0.144 e. The van der Waals surface area contributed by atoms with Crippen molar-refractivity contribution in [2.45, 2.75) is 51.0 Å². The van der Waals surface area contributed by atoms with E-state index in [9.17, 15) is 10.4 Å². The maximum atomic E-state index is 9.56. The molecule has 106 valence electrons. The molecule has 1 heterocycles. The molecule has 0 aliphatic heterocycles. The molecule has 20 heavy (non-hydrogen) atoms. The summed E-state index contributed by atoms with van der Waals surface area (Å²) in [5, 5.41) is 22.2. The van der Waals surface area contributed by atoms with Crippen LogP contribution in [0.2, 0.25) is 0 Å². The quantitative estimate of drug-likeness (QED) is 0.885. The number of hydrogen-bond acceptors (Lipinski definition) is 4. The molecule has 4 nitrogen and oxygen atoms in total. The lowest BCUT2D eigenvalue weighted by Crippen LogP contribution is -2.16. The molecule has 0 bridgehead atoms. The summed E-state index contributed by atoms with van der Waals surface area (Å²) in [6, 6.07) is 4.26. The van der Waals surface area contributed by atoms with E-state index in [1.807, 2.05) is 6.07 Å². The zero-order valence-electron chi connectivity index (χ0n) is 11.7. The van der Waals surface area contributed by atoms with Crippen molar-refractivity contribution in [1.29, 1.82) is 5.26 Å². The van der Waals surface area contributed by atoms with Crippen LogP contribution in [0.25, 0.3) is 0 Å². The molecule has 1 fully saturated rings. The highest BCUT2D eigenvalue weighted by molar-refractivity contribution is 5.54. The molecule has 0 radical (unpaired) electrons. The SMILES string of the molecule is N#Cc1cc2c(nc1NCC1CCC(O)C1)CCCC2. The Hall–Kier alpha value is -1.60. The maximum absolute atomic E-state index is 9.56. The number of hydrogen-bond donors (Lipinski definition) is 2. The number of aryl methyl sites for hydroxylation is 2. The predicted octanol–water partition coefficient (Wildman–Crippen LogP) is 2.40. The molecule has 0 saturated heterocycles. The van der Waals surface area contributed by atoms with E-state index in [0.29, 0.717) is 11.5 Å². The maximum Gasteiger partial charge on any atom is 0.144 e. The van der Waals surface area contributed by atoms with Gasteiger partial charge >= 0.3 is 0 Å². The Kier molecular flexibility index (Phi) is 3.88. The Morgan fingerprint density at radius 3 is 2.95 bits per heavy atom. The number of nitrogens with one attached hydrogen (secondary N) is 1. The zero-order chi connectivity index (χ0) is 13.9. The molecular weight excluding hydrogens is 250 g/mol. The summed E-state index contributed by atoms with van der Waals surface area (Å²) in [6.45, 7) is 0.803. The van der Waals surface area contributed by atoms with Crippen molar-refractivity contribution >= 4 is 5.82 Å². The van der Waals surface area contributed by atoms with Gasteiger partial charge in [0.2, 0.25) is 0 Å². The molecule has 2 unspecified atom stereocenters. The molecule has 1 saturated carbocycles. The average molecular weight is 271 g/mol. The molecule has 2 N–H and O–H groups in total. The Morgan fingerprint density at radius 1 is 1.35 bits per heavy atom. The Bertz CT molecular complexity index is 535. The van der Waals surface area contributed by atoms with Crippen molar-refractivity contribution in [3.05, 3.63) is 22.9 Å². The lowest BCUT2D eigenvalue weighted by molar-refractivity contribution is 0.178. The average Bonchev–Trinajstić information content (AvgIpc) is 2.89. The van der Waals surface area contributed by atoms with Crippen LogP contribution < -0.4 is 5.32 Å². The van der Waals surface area contributed by atoms with Crippen molar-refractivity contribution in [3.8, 4) is 6.07 Å². The number of rotatable bonds is 3. The minimum Gasteiger partial charge on any atom is -0.393 e. The third-order valence-electron chi connectivity index (χ3n) is 4.49. The van der Waals surface area contributed by atoms with E-state index < -0.39 is 0 Å². The van der Waals surface area contributed by atoms with Gasteiger partial charge in [-0.1, -0.05) is 0 Å². The molecule has 3 rings (SSSR count). The largest absolute Gasteiger partial charge is 0.393 e. The lowest BCUT2D eigenvalue weighted by Gasteiger charge is -2.18. The van der Waals surface area contributed by atoms with Gasteiger partial charge in [-0.05, 0) is 62.5 Å². The molecular formula is C16H21N3O. The molecule has 1 aromatic heterocycles. The molecule has 2 aliphatic rings. The van der Waals surface area contributed by atoms with Crippen LogP contribution in [0.15, 0.2) is 6.07 Å². The number of aromatic nitrogens is 1. The summed E-state index contributed by atoms with van der Waals surface area (Å²) in [6.07, 6.45) is 7.14. The van der Waals surface area contributed by atoms with Crippen LogP contribution in [-0.4, -0.2) is 22.7 Å². The first-order valence-corrected chi connectivity index (χ1v) is 7.61. The van der Waals surface area contributed by atoms with E-state index >= 15 is 0 Å². The Labute approximate surface area is 119 Å². The fourth-order valence-corrected chi connectivity index (χ4v) is 3.33. The van der Waals surface area contributed by atoms with E-state index in [4.69, 9.17) is 0 Å². The predicted molar refractivity (Wildman–Crippen MR) is 77.4 cm³/mol. The second-order valence-electron chi connectivity index (χ2n) is 6.02. The van der Waals surface area contributed by atoms with Gasteiger partial charge < -0.3 is 10.4 Å². The number of nitriles is 1. The number of pyridine rings is 1. The summed E-state index contributed by atoms with van der Waals surface area (Å²) in [5.41, 5.74) is 3.06. The van der Waals surface area contributed by atoms with Crippen LogP contribution in [0.1, 0.15) is 48.9 Å². The minimum atomic E-state index is -0.145. The van der Waals surface area contributed by atoms with Crippen LogP contribution in [0.3, 0.4) is 0 Å². The first-order chi connectivity index (χ1) is 9.76. The Morgan fingerprint density at radius 2 is 2.20 bits per heavy atom. The van der Waals surface area contributed by atoms with E-state index in [2.05, 4.69) is 16.4 Å². The van der Waals surface area contributed by atoms with E-state index in [1.54, 1.807) is 0 Å². The topological polar surface area (TPSA) is 68.9 Å². The van der Waals surface area contributed by atoms with Gasteiger partial charge in [-0.3, -0.25) is 0 Å². The number of nitrogens with zero attached hydrogens (tertiary/aromatic N) is 2. The van der Waals surface area contributed by atoms with Crippen molar-refractivity contribution in [3.63, 3.8) is 0 Å². The van der Waals surface area contributed by atoms with Crippen molar-refractivity contribution in [1.82, 2.24) is 4.98 Å². The highest BCUT2D eigenvalue weighted by atomic mass is 16.3. The minimum absolute atomic E-state index is 0.145. The number of anilines is 1. The third kappa shape index (κ3) is 2.78. The summed E-state index contributed by atoms with van der Waals surface area (Å²) in [5.74, 6) is 1.23. The van der Waals surface area contributed by atoms with Crippen LogP contribution in [0, 0.1) is 17.2 Å². The molecule has 0 spiro atoms. The number of fused-ring (bicyclic) bond motifs is 1. The van der Waals surface area contributed by atoms with Gasteiger partial charge in [0.25, 0.3) is 0 Å². The van der Waals surface area contributed by atoms with Crippen LogP contribution in [0.5, 0.6) is 0 Å². The van der Waals surface area contributed by atoms with Gasteiger partial charge in [-0.2, -0.15) is 5.26 Å². The van der Waals surface area contributed by atoms with Gasteiger partial charge in [-0.15, -0.1) is 0 Å². The molecule has 0 amide bonds. The van der Waals surface area contributed by atoms with Gasteiger partial charge in [0.1, 0.15) is 11.9 Å². The van der Waals surface area contributed by atoms with Crippen molar-refractivity contribution < 1.29 is 5.11 Å². The lowest BCUT2D eigenvalue weighted by atomic mass is 9.95. The summed E-state index contributed by atoms with van der Waals surface area (Å²) < 4.78 is 0. The van der Waals surface area contributed by atoms with Gasteiger partial charge in [0, 0.05) is 12.2 Å². The Balaban J connectivity index is 1.73. The highest BCUT2D eigenvalue weighted by Gasteiger charge is 2.23. The third-order valence-corrected chi connectivity index (χ3v) is 4.49. The van der Waals surface area contributed by atoms with Gasteiger partial charge in [0.15, 0.2) is 0 Å². The van der Waals surface area contributed by atoms with Gasteiger partial charge in [-0.25, -0.2) is 4.98 Å². The van der Waals surface area contributed by atoms with E-state index in [1.165, 1.54) is 18.4 Å². The molecule has 0 aromatic carbocycles. The standard InChI is InChI=1S/C16H21N3O/c17-9-13-8-12-3-1-2-4-15(12)19-16(13)18-10-11-5-6-14(20)7-11/h8,11,14,20H,1-7,10H2,(H,18,19). The second kappa shape index (κ2) is 5.80. The van der Waals surface area contributed by atoms with Crippen LogP contribution >= 0.6 is 0 Å². The fraction of sp³-hybridized carbons (Fsp3) is 0.625. The number of aliphatic hydroxyl groups excluding tert-OH is 1. The summed E-state index contributed by atoms with van der Waals surface area (Å²) >= 11 is 0. The number of aliphatic hydroxyl groups is 1. The van der Waals surface area contributed by atoms with E-state index in [-0.39, 0.29) is 6.10 Å². The molecule has 2 atom stereocenters. The van der Waals surface area contributed by atoms with Crippen LogP contribution in [-0.2, 0) is 12.8 Å². The highest BCUT2D eigenvalue weighted by Crippen LogP contribution is 2.27. The van der Waals surface area contributed by atoms with Crippen LogP contribution in [0.4, 0.5) is 5.82 Å². The summed E-state index contributed by atoms with van der Waals surface area (Å²) in [7, 11) is 0. The molecule has 2 aliphatic carbocycles. The fourth-order valence-electron chi connectivity index (χ4n) is 3.33. The zero-order valence-corrected chi connectivity index (χ0v) is 11.7. The summed E-state index contributed by atoms with van der Waals surface area (Å²) in [4.78, 5) is 4.67. The normalized spacial score (nSPS) is 25.0.